The second-order valence-corrected chi connectivity index (χ2v) is 21.5. The molecule has 2 atom stereocenters. The number of amides is 3. The SMILES string of the molecule is COc1cc(N2CCC(N3CCN(CC4CCN(c5ccc6c(c5)CN(C5CCC(=O)NC5=O)C6=O)C4)CC3)CC2)c(C)cc1Nc1ncc(Br)c(Nc2cccc3c2N(S(C)(=O)=O)CC3)n1. The molecule has 1 aromatic heterocycles. The fourth-order valence-corrected chi connectivity index (χ4v) is 12.3. The third-order valence-electron chi connectivity index (χ3n) is 14.5. The average Bonchev–Trinajstić information content (AvgIpc) is 4.06. The molecule has 2 unspecified atom stereocenters. The van der Waals surface area contributed by atoms with Crippen molar-refractivity contribution < 1.29 is 27.5 Å². The molecule has 0 bridgehead atoms. The van der Waals surface area contributed by atoms with Crippen molar-refractivity contribution in [3.8, 4) is 5.75 Å². The first-order valence-corrected chi connectivity index (χ1v) is 26.0. The van der Waals surface area contributed by atoms with Crippen molar-refractivity contribution >= 4 is 83.9 Å². The van der Waals surface area contributed by atoms with Gasteiger partial charge in [-0.15, -0.1) is 0 Å². The highest BCUT2D eigenvalue weighted by Crippen LogP contribution is 2.41. The summed E-state index contributed by atoms with van der Waals surface area (Å²) in [6.45, 7) is 12.3. The molecule has 3 amide bonds. The van der Waals surface area contributed by atoms with E-state index in [4.69, 9.17) is 9.72 Å². The molecular weight excluding hydrogens is 939 g/mol. The Bertz CT molecular complexity index is 2710. The van der Waals surface area contributed by atoms with Gasteiger partial charge in [-0.1, -0.05) is 12.1 Å². The largest absolute Gasteiger partial charge is 0.494 e. The van der Waals surface area contributed by atoms with Crippen molar-refractivity contribution in [2.45, 2.75) is 64.1 Å². The number of aryl methyl sites for hydroxylation is 1. The van der Waals surface area contributed by atoms with Gasteiger partial charge in [0, 0.05) is 114 Å². The number of hydrogen-bond donors (Lipinski definition) is 3. The molecule has 0 radical (unpaired) electrons. The summed E-state index contributed by atoms with van der Waals surface area (Å²) in [5.41, 5.74) is 8.04. The number of piperazine rings is 1. The number of hydrogen-bond acceptors (Lipinski definition) is 14. The molecule has 4 saturated heterocycles. The second-order valence-electron chi connectivity index (χ2n) is 18.8. The van der Waals surface area contributed by atoms with Gasteiger partial charge in [0.15, 0.2) is 0 Å². The summed E-state index contributed by atoms with van der Waals surface area (Å²) in [6, 6.07) is 16.0. The first-order valence-electron chi connectivity index (χ1n) is 23.4. The van der Waals surface area contributed by atoms with Crippen molar-refractivity contribution in [3.63, 3.8) is 0 Å². The Kier molecular flexibility index (Phi) is 12.5. The molecular formula is C48H58BrN11O6S. The number of methoxy groups -OCH3 is 1. The number of nitrogens with zero attached hydrogens (tertiary/aromatic N) is 8. The highest BCUT2D eigenvalue weighted by atomic mass is 79.9. The Labute approximate surface area is 400 Å². The van der Waals surface area contributed by atoms with Crippen LogP contribution < -0.4 is 34.8 Å². The molecule has 0 aliphatic carbocycles. The number of carbonyl (C=O) groups excluding carboxylic acids is 3. The number of carbonyl (C=O) groups is 3. The van der Waals surface area contributed by atoms with Crippen LogP contribution in [-0.4, -0.2) is 142 Å². The van der Waals surface area contributed by atoms with Gasteiger partial charge in [0.2, 0.25) is 27.8 Å². The number of halogens is 1. The fourth-order valence-electron chi connectivity index (χ4n) is 11.0. The normalized spacial score (nSPS) is 21.8. The lowest BCUT2D eigenvalue weighted by molar-refractivity contribution is -0.136. The molecule has 19 heteroatoms. The Morgan fingerprint density at radius 1 is 0.866 bits per heavy atom. The summed E-state index contributed by atoms with van der Waals surface area (Å²) < 4.78 is 33.2. The van der Waals surface area contributed by atoms with E-state index in [0.29, 0.717) is 76.8 Å². The molecule has 0 spiro atoms. The van der Waals surface area contributed by atoms with Crippen LogP contribution in [0.3, 0.4) is 0 Å². The van der Waals surface area contributed by atoms with E-state index in [-0.39, 0.29) is 24.1 Å². The number of para-hydroxylation sites is 1. The van der Waals surface area contributed by atoms with Gasteiger partial charge in [-0.2, -0.15) is 4.98 Å². The van der Waals surface area contributed by atoms with Gasteiger partial charge in [0.1, 0.15) is 17.6 Å². The van der Waals surface area contributed by atoms with Gasteiger partial charge in [-0.05, 0) is 108 Å². The van der Waals surface area contributed by atoms with E-state index in [1.807, 2.05) is 30.3 Å². The molecule has 67 heavy (non-hydrogen) atoms. The number of imide groups is 1. The van der Waals surface area contributed by atoms with Gasteiger partial charge in [0.25, 0.3) is 5.91 Å². The van der Waals surface area contributed by atoms with E-state index in [1.54, 1.807) is 18.2 Å². The molecule has 17 nitrogen and oxygen atoms in total. The Hall–Kier alpha value is -5.50. The molecule has 3 N–H and O–H groups in total. The molecule has 0 saturated carbocycles. The lowest BCUT2D eigenvalue weighted by Crippen LogP contribution is -2.54. The Balaban J connectivity index is 0.701. The predicted octanol–water partition coefficient (Wildman–Crippen LogP) is 5.24. The third kappa shape index (κ3) is 9.26. The standard InChI is InChI=1S/C48H58BrN11O6S/c1-30-23-39(52-48-50-26-37(49)45(54-48)51-38-6-4-5-32-12-18-60(44(32)38)67(3,64)65)42(66-2)25-41(30)57-16-13-34(14-17-57)56-21-19-55(20-22-56)27-31-11-15-58(28-31)35-7-8-36-33(24-35)29-59(47(36)63)40-9-10-43(61)53-46(40)62/h4-8,23-26,31,34,40H,9-22,27-29H2,1-3H3,(H,53,61,62)(H2,50,51,52,54). The molecule has 7 heterocycles. The van der Waals surface area contributed by atoms with Crippen LogP contribution in [0.5, 0.6) is 5.75 Å². The van der Waals surface area contributed by atoms with Gasteiger partial charge < -0.3 is 35.0 Å². The quantitative estimate of drug-likeness (QED) is 0.157. The molecule has 10 rings (SSSR count). The maximum atomic E-state index is 13.2. The number of sulfonamides is 1. The van der Waals surface area contributed by atoms with Crippen molar-refractivity contribution in [1.82, 2.24) is 30.0 Å². The van der Waals surface area contributed by atoms with E-state index in [1.165, 1.54) is 10.6 Å². The molecule has 4 aromatic rings. The minimum Gasteiger partial charge on any atom is -0.494 e. The topological polar surface area (TPSA) is 176 Å². The summed E-state index contributed by atoms with van der Waals surface area (Å²) in [6.07, 6.45) is 7.51. The summed E-state index contributed by atoms with van der Waals surface area (Å²) in [4.78, 5) is 58.6. The number of ether oxygens (including phenoxy) is 1. The van der Waals surface area contributed by atoms with E-state index in [0.717, 1.165) is 112 Å². The Morgan fingerprint density at radius 2 is 1.66 bits per heavy atom. The molecule has 3 aromatic carbocycles. The van der Waals surface area contributed by atoms with E-state index in [9.17, 15) is 22.8 Å². The highest BCUT2D eigenvalue weighted by molar-refractivity contribution is 9.10. The Morgan fingerprint density at radius 3 is 2.42 bits per heavy atom. The minimum atomic E-state index is -3.44. The van der Waals surface area contributed by atoms with Gasteiger partial charge in [0.05, 0.1) is 34.9 Å². The molecule has 4 fully saturated rings. The number of rotatable bonds is 12. The smallest absolute Gasteiger partial charge is 0.255 e. The van der Waals surface area contributed by atoms with Crippen LogP contribution in [-0.2, 0) is 32.6 Å². The fraction of sp³-hybridized carbons (Fsp3) is 0.479. The lowest BCUT2D eigenvalue weighted by Gasteiger charge is -2.44. The van der Waals surface area contributed by atoms with Crippen LogP contribution in [0.2, 0.25) is 0 Å². The van der Waals surface area contributed by atoms with Crippen LogP contribution >= 0.6 is 15.9 Å². The van der Waals surface area contributed by atoms with Crippen molar-refractivity contribution in [1.29, 1.82) is 0 Å². The number of fused-ring (bicyclic) bond motifs is 2. The van der Waals surface area contributed by atoms with E-state index < -0.39 is 16.1 Å². The zero-order valence-corrected chi connectivity index (χ0v) is 40.7. The first kappa shape index (κ1) is 45.3. The maximum Gasteiger partial charge on any atom is 0.255 e. The number of benzene rings is 3. The van der Waals surface area contributed by atoms with E-state index in [2.05, 4.69) is 81.6 Å². The van der Waals surface area contributed by atoms with Gasteiger partial charge >= 0.3 is 0 Å². The third-order valence-corrected chi connectivity index (χ3v) is 16.3. The first-order chi connectivity index (χ1) is 32.3. The molecule has 6 aliphatic heterocycles. The van der Waals surface area contributed by atoms with Crippen molar-refractivity contribution in [2.75, 3.05) is 104 Å². The zero-order chi connectivity index (χ0) is 46.6. The second kappa shape index (κ2) is 18.5. The van der Waals surface area contributed by atoms with E-state index >= 15 is 0 Å². The molecule has 354 valence electrons. The monoisotopic (exact) mass is 995 g/mol. The highest BCUT2D eigenvalue weighted by Gasteiger charge is 2.40. The van der Waals surface area contributed by atoms with Crippen LogP contribution in [0.25, 0.3) is 0 Å². The number of piperidine rings is 2. The number of nitrogens with one attached hydrogen (secondary N) is 3. The van der Waals surface area contributed by atoms with Crippen LogP contribution in [0, 0.1) is 12.8 Å². The minimum absolute atomic E-state index is 0.130. The average molecular weight is 997 g/mol. The van der Waals surface area contributed by atoms with Gasteiger partial charge in [-0.3, -0.25) is 28.9 Å². The number of anilines is 7. The van der Waals surface area contributed by atoms with Crippen molar-refractivity contribution in [2.24, 2.45) is 5.92 Å². The molecule has 6 aliphatic rings. The van der Waals surface area contributed by atoms with Gasteiger partial charge in [-0.25, -0.2) is 13.4 Å². The number of aromatic nitrogens is 2. The summed E-state index contributed by atoms with van der Waals surface area (Å²) in [5, 5.41) is 9.10. The van der Waals surface area contributed by atoms with Crippen LogP contribution in [0.1, 0.15) is 59.2 Å². The summed E-state index contributed by atoms with van der Waals surface area (Å²) in [7, 11) is -1.77. The summed E-state index contributed by atoms with van der Waals surface area (Å²) >= 11 is 3.57. The van der Waals surface area contributed by atoms with Crippen LogP contribution in [0.4, 0.5) is 40.2 Å². The van der Waals surface area contributed by atoms with Crippen LogP contribution in [0.15, 0.2) is 59.2 Å². The predicted molar refractivity (Wildman–Crippen MR) is 262 cm³/mol. The summed E-state index contributed by atoms with van der Waals surface area (Å²) in [5.74, 6) is 1.36. The zero-order valence-electron chi connectivity index (χ0n) is 38.3. The van der Waals surface area contributed by atoms with Crippen molar-refractivity contribution in [3.05, 3.63) is 81.5 Å². The maximum absolute atomic E-state index is 13.2. The lowest BCUT2D eigenvalue weighted by atomic mass is 10.00.